The first kappa shape index (κ1) is 25.3. The maximum Gasteiger partial charge on any atom is 0.416 e. The summed E-state index contributed by atoms with van der Waals surface area (Å²) in [5.41, 5.74) is 1.06. The number of halogens is 4. The van der Waals surface area contributed by atoms with Gasteiger partial charge >= 0.3 is 6.18 Å². The second-order valence-electron chi connectivity index (χ2n) is 7.99. The van der Waals surface area contributed by atoms with Crippen molar-refractivity contribution in [2.24, 2.45) is 0 Å². The number of alkyl halides is 3. The molecule has 2 aromatic carbocycles. The van der Waals surface area contributed by atoms with Gasteiger partial charge in [0.2, 0.25) is 0 Å². The normalized spacial score (nSPS) is 16.2. The molecule has 2 aromatic rings. The maximum atomic E-state index is 12.9. The Morgan fingerprint density at radius 1 is 1.00 bits per heavy atom. The summed E-state index contributed by atoms with van der Waals surface area (Å²) in [6, 6.07) is 13.3. The van der Waals surface area contributed by atoms with Crippen molar-refractivity contribution in [1.82, 2.24) is 4.90 Å². The zero-order valence-corrected chi connectivity index (χ0v) is 18.6. The Balaban J connectivity index is 0.00000341. The molecule has 0 aliphatic carbocycles. The highest BCUT2D eigenvalue weighted by molar-refractivity contribution is 5.85. The molecule has 8 heteroatoms. The third-order valence-electron chi connectivity index (χ3n) is 5.35. The Labute approximate surface area is 188 Å². The minimum absolute atomic E-state index is 0. The third-order valence-corrected chi connectivity index (χ3v) is 5.35. The molecule has 1 atom stereocenters. The van der Waals surface area contributed by atoms with Crippen LogP contribution in [0.4, 0.5) is 18.9 Å². The Kier molecular flexibility index (Phi) is 9.03. The van der Waals surface area contributed by atoms with Crippen LogP contribution >= 0.6 is 12.4 Å². The van der Waals surface area contributed by atoms with Crippen molar-refractivity contribution in [2.75, 3.05) is 44.2 Å². The second kappa shape index (κ2) is 11.1. The van der Waals surface area contributed by atoms with Crippen LogP contribution in [0.25, 0.3) is 0 Å². The van der Waals surface area contributed by atoms with Crippen LogP contribution in [0, 0.1) is 0 Å². The number of rotatable bonds is 7. The van der Waals surface area contributed by atoms with Crippen molar-refractivity contribution in [2.45, 2.75) is 32.0 Å². The summed E-state index contributed by atoms with van der Waals surface area (Å²) in [7, 11) is 0. The molecular formula is C23H30ClF3N2O2. The minimum Gasteiger partial charge on any atom is -0.491 e. The van der Waals surface area contributed by atoms with Gasteiger partial charge in [0.1, 0.15) is 18.5 Å². The molecule has 0 bridgehead atoms. The highest BCUT2D eigenvalue weighted by Crippen LogP contribution is 2.32. The van der Waals surface area contributed by atoms with Crippen molar-refractivity contribution in [3.8, 4) is 5.75 Å². The number of nitrogens with zero attached hydrogens (tertiary/aromatic N) is 2. The SMILES string of the molecule is CC(C)c1ccccc1OCC(O)CN1CCN(c2cccc(C(F)(F)F)c2)CC1.Cl. The topological polar surface area (TPSA) is 35.9 Å². The van der Waals surface area contributed by atoms with Gasteiger partial charge in [0, 0.05) is 38.4 Å². The highest BCUT2D eigenvalue weighted by Gasteiger charge is 2.31. The Morgan fingerprint density at radius 3 is 2.32 bits per heavy atom. The summed E-state index contributed by atoms with van der Waals surface area (Å²) in [4.78, 5) is 4.07. The summed E-state index contributed by atoms with van der Waals surface area (Å²) in [6.45, 7) is 7.46. The quantitative estimate of drug-likeness (QED) is 0.645. The fourth-order valence-electron chi connectivity index (χ4n) is 3.69. The number of ether oxygens (including phenoxy) is 1. The van der Waals surface area contributed by atoms with E-state index in [0.29, 0.717) is 44.3 Å². The molecule has 1 fully saturated rings. The molecular weight excluding hydrogens is 429 g/mol. The molecule has 172 valence electrons. The van der Waals surface area contributed by atoms with Gasteiger partial charge in [-0.05, 0) is 35.7 Å². The second-order valence-corrected chi connectivity index (χ2v) is 7.99. The maximum absolute atomic E-state index is 12.9. The number of para-hydroxylation sites is 1. The first-order valence-corrected chi connectivity index (χ1v) is 10.3. The first-order chi connectivity index (χ1) is 14.2. The monoisotopic (exact) mass is 458 g/mol. The number of anilines is 1. The lowest BCUT2D eigenvalue weighted by atomic mass is 10.0. The zero-order valence-electron chi connectivity index (χ0n) is 17.8. The number of hydrogen-bond acceptors (Lipinski definition) is 4. The van der Waals surface area contributed by atoms with Gasteiger partial charge < -0.3 is 14.7 Å². The predicted molar refractivity (Wildman–Crippen MR) is 119 cm³/mol. The largest absolute Gasteiger partial charge is 0.491 e. The van der Waals surface area contributed by atoms with Crippen molar-refractivity contribution >= 4 is 18.1 Å². The van der Waals surface area contributed by atoms with E-state index in [4.69, 9.17) is 4.74 Å². The number of hydrogen-bond donors (Lipinski definition) is 1. The Hall–Kier alpha value is -1.96. The number of aliphatic hydroxyl groups is 1. The third kappa shape index (κ3) is 7.02. The van der Waals surface area contributed by atoms with E-state index in [1.807, 2.05) is 29.2 Å². The van der Waals surface area contributed by atoms with Gasteiger partial charge in [-0.15, -0.1) is 12.4 Å². The lowest BCUT2D eigenvalue weighted by Crippen LogP contribution is -2.49. The van der Waals surface area contributed by atoms with E-state index >= 15 is 0 Å². The van der Waals surface area contributed by atoms with Gasteiger partial charge in [-0.1, -0.05) is 38.1 Å². The molecule has 1 saturated heterocycles. The lowest BCUT2D eigenvalue weighted by molar-refractivity contribution is -0.137. The van der Waals surface area contributed by atoms with Crippen LogP contribution in [-0.4, -0.2) is 55.4 Å². The van der Waals surface area contributed by atoms with Gasteiger partial charge in [-0.2, -0.15) is 13.2 Å². The van der Waals surface area contributed by atoms with E-state index in [2.05, 4.69) is 18.7 Å². The molecule has 1 aliphatic rings. The van der Waals surface area contributed by atoms with E-state index in [9.17, 15) is 18.3 Å². The molecule has 0 amide bonds. The van der Waals surface area contributed by atoms with E-state index in [-0.39, 0.29) is 19.0 Å². The highest BCUT2D eigenvalue weighted by atomic mass is 35.5. The summed E-state index contributed by atoms with van der Waals surface area (Å²) in [6.07, 6.45) is -4.97. The number of aliphatic hydroxyl groups excluding tert-OH is 1. The molecule has 1 unspecified atom stereocenters. The summed E-state index contributed by atoms with van der Waals surface area (Å²) in [5, 5.41) is 10.4. The summed E-state index contributed by atoms with van der Waals surface area (Å²) >= 11 is 0. The number of piperazine rings is 1. The van der Waals surface area contributed by atoms with Gasteiger partial charge in [-0.25, -0.2) is 0 Å². The molecule has 1 heterocycles. The van der Waals surface area contributed by atoms with Gasteiger partial charge in [0.25, 0.3) is 0 Å². The zero-order chi connectivity index (χ0) is 21.7. The van der Waals surface area contributed by atoms with Crippen LogP contribution in [0.5, 0.6) is 5.75 Å². The van der Waals surface area contributed by atoms with E-state index < -0.39 is 17.8 Å². The molecule has 4 nitrogen and oxygen atoms in total. The fraction of sp³-hybridized carbons (Fsp3) is 0.478. The first-order valence-electron chi connectivity index (χ1n) is 10.3. The van der Waals surface area contributed by atoms with Gasteiger partial charge in [0.05, 0.1) is 5.56 Å². The van der Waals surface area contributed by atoms with Crippen LogP contribution in [-0.2, 0) is 6.18 Å². The molecule has 1 aliphatic heterocycles. The molecule has 31 heavy (non-hydrogen) atoms. The fourth-order valence-corrected chi connectivity index (χ4v) is 3.69. The lowest BCUT2D eigenvalue weighted by Gasteiger charge is -2.37. The smallest absolute Gasteiger partial charge is 0.416 e. The van der Waals surface area contributed by atoms with Crippen molar-refractivity contribution in [3.63, 3.8) is 0 Å². The molecule has 0 spiro atoms. The van der Waals surface area contributed by atoms with Crippen LogP contribution in [0.1, 0.15) is 30.9 Å². The summed E-state index contributed by atoms with van der Waals surface area (Å²) < 4.78 is 44.7. The van der Waals surface area contributed by atoms with Crippen molar-refractivity contribution in [1.29, 1.82) is 0 Å². The molecule has 0 aromatic heterocycles. The average Bonchev–Trinajstić information content (AvgIpc) is 2.72. The minimum atomic E-state index is -4.34. The van der Waals surface area contributed by atoms with E-state index in [1.54, 1.807) is 6.07 Å². The Morgan fingerprint density at radius 2 is 1.68 bits per heavy atom. The predicted octanol–water partition coefficient (Wildman–Crippen LogP) is 4.81. The van der Waals surface area contributed by atoms with Crippen LogP contribution in [0.3, 0.4) is 0 Å². The molecule has 3 rings (SSSR count). The molecule has 1 N–H and O–H groups in total. The summed E-state index contributed by atoms with van der Waals surface area (Å²) in [5.74, 6) is 1.13. The number of benzene rings is 2. The van der Waals surface area contributed by atoms with Gasteiger partial charge in [0.15, 0.2) is 0 Å². The van der Waals surface area contributed by atoms with Crippen molar-refractivity contribution in [3.05, 3.63) is 59.7 Å². The van der Waals surface area contributed by atoms with Gasteiger partial charge in [-0.3, -0.25) is 4.90 Å². The van der Waals surface area contributed by atoms with Crippen LogP contribution < -0.4 is 9.64 Å². The van der Waals surface area contributed by atoms with Crippen molar-refractivity contribution < 1.29 is 23.0 Å². The molecule has 0 saturated carbocycles. The standard InChI is InChI=1S/C23H29F3N2O2.ClH/c1-17(2)21-8-3-4-9-22(21)30-16-20(29)15-27-10-12-28(13-11-27)19-7-5-6-18(14-19)23(24,25)26;/h3-9,14,17,20,29H,10-13,15-16H2,1-2H3;1H. The van der Waals surface area contributed by atoms with Crippen LogP contribution in [0.2, 0.25) is 0 Å². The molecule has 0 radical (unpaired) electrons. The average molecular weight is 459 g/mol. The Bertz CT molecular complexity index is 824. The van der Waals surface area contributed by atoms with E-state index in [1.165, 1.54) is 12.1 Å². The van der Waals surface area contributed by atoms with E-state index in [0.717, 1.165) is 17.4 Å². The number of β-amino-alcohol motifs (C(OH)–C–C–N with tert-alkyl or cyclic N) is 1. The van der Waals surface area contributed by atoms with Crippen LogP contribution in [0.15, 0.2) is 48.5 Å².